The minimum atomic E-state index is 0.547. The van der Waals surface area contributed by atoms with E-state index in [-0.39, 0.29) is 0 Å². The second-order valence-corrected chi connectivity index (χ2v) is 5.25. The quantitative estimate of drug-likeness (QED) is 0.766. The van der Waals surface area contributed by atoms with Crippen LogP contribution in [0.25, 0.3) is 10.8 Å². The number of hydrogen-bond donors (Lipinski definition) is 1. The molecule has 0 saturated carbocycles. The lowest BCUT2D eigenvalue weighted by atomic mass is 10.1. The summed E-state index contributed by atoms with van der Waals surface area (Å²) in [6.07, 6.45) is 1.63. The summed E-state index contributed by atoms with van der Waals surface area (Å²) in [7, 11) is 0. The molecule has 106 valence electrons. The van der Waals surface area contributed by atoms with E-state index in [4.69, 9.17) is 17.3 Å². The van der Waals surface area contributed by atoms with Gasteiger partial charge in [-0.3, -0.25) is 0 Å². The number of nitrogen functional groups attached to an aromatic ring is 1. The molecular formula is C17H16ClN3. The summed E-state index contributed by atoms with van der Waals surface area (Å²) in [5, 5.41) is 2.92. The molecule has 0 fully saturated rings. The molecule has 0 saturated heterocycles. The zero-order valence-electron chi connectivity index (χ0n) is 11.8. The van der Waals surface area contributed by atoms with Gasteiger partial charge in [0, 0.05) is 18.1 Å². The van der Waals surface area contributed by atoms with Gasteiger partial charge >= 0.3 is 0 Å². The van der Waals surface area contributed by atoms with Crippen molar-refractivity contribution in [3.63, 3.8) is 0 Å². The van der Waals surface area contributed by atoms with E-state index in [1.165, 1.54) is 10.8 Å². The van der Waals surface area contributed by atoms with Crippen LogP contribution in [0.3, 0.4) is 0 Å². The summed E-state index contributed by atoms with van der Waals surface area (Å²) < 4.78 is 0. The number of nitrogens with zero attached hydrogens (tertiary/aromatic N) is 2. The summed E-state index contributed by atoms with van der Waals surface area (Å²) in [6.45, 7) is 2.85. The predicted molar refractivity (Wildman–Crippen MR) is 90.3 cm³/mol. The van der Waals surface area contributed by atoms with Crippen molar-refractivity contribution in [2.24, 2.45) is 0 Å². The molecule has 0 atom stereocenters. The number of nitrogens with two attached hydrogens (primary N) is 1. The highest BCUT2D eigenvalue weighted by atomic mass is 35.5. The fourth-order valence-electron chi connectivity index (χ4n) is 2.55. The van der Waals surface area contributed by atoms with Crippen LogP contribution < -0.4 is 10.6 Å². The van der Waals surface area contributed by atoms with Gasteiger partial charge < -0.3 is 10.6 Å². The van der Waals surface area contributed by atoms with Crippen molar-refractivity contribution in [3.05, 3.63) is 59.8 Å². The van der Waals surface area contributed by atoms with Gasteiger partial charge in [0.15, 0.2) is 5.82 Å². The maximum atomic E-state index is 6.09. The molecule has 3 aromatic rings. The minimum Gasteiger partial charge on any atom is -0.396 e. The molecular weight excluding hydrogens is 282 g/mol. The van der Waals surface area contributed by atoms with Crippen molar-refractivity contribution in [2.45, 2.75) is 6.92 Å². The Balaban J connectivity index is 2.18. The number of anilines is 3. The van der Waals surface area contributed by atoms with E-state index >= 15 is 0 Å². The van der Waals surface area contributed by atoms with Crippen molar-refractivity contribution in [1.82, 2.24) is 4.98 Å². The molecule has 21 heavy (non-hydrogen) atoms. The molecule has 0 radical (unpaired) electrons. The topological polar surface area (TPSA) is 42.2 Å². The van der Waals surface area contributed by atoms with Crippen LogP contribution in [0.1, 0.15) is 6.92 Å². The number of fused-ring (bicyclic) bond motifs is 1. The average Bonchev–Trinajstić information content (AvgIpc) is 2.50. The van der Waals surface area contributed by atoms with E-state index in [2.05, 4.69) is 41.1 Å². The van der Waals surface area contributed by atoms with Crippen LogP contribution in [-0.4, -0.2) is 11.5 Å². The van der Waals surface area contributed by atoms with Crippen LogP contribution in [0.2, 0.25) is 5.02 Å². The average molecular weight is 298 g/mol. The Morgan fingerprint density at radius 2 is 1.90 bits per heavy atom. The highest BCUT2D eigenvalue weighted by molar-refractivity contribution is 6.30. The first kappa shape index (κ1) is 13.7. The normalized spacial score (nSPS) is 10.8. The highest BCUT2D eigenvalue weighted by Gasteiger charge is 2.14. The fourth-order valence-corrected chi connectivity index (χ4v) is 2.72. The first-order valence-electron chi connectivity index (χ1n) is 6.87. The molecule has 0 bridgehead atoms. The predicted octanol–water partition coefficient (Wildman–Crippen LogP) is 4.63. The second-order valence-electron chi connectivity index (χ2n) is 4.81. The third-order valence-corrected chi connectivity index (χ3v) is 3.70. The lowest BCUT2D eigenvalue weighted by molar-refractivity contribution is 0.997. The summed E-state index contributed by atoms with van der Waals surface area (Å²) in [5.41, 5.74) is 7.77. The summed E-state index contributed by atoms with van der Waals surface area (Å²) >= 11 is 5.94. The van der Waals surface area contributed by atoms with Crippen LogP contribution in [0.5, 0.6) is 0 Å². The molecule has 0 spiro atoms. The van der Waals surface area contributed by atoms with Gasteiger partial charge in [-0.05, 0) is 24.4 Å². The summed E-state index contributed by atoms with van der Waals surface area (Å²) in [5.74, 6) is 0.734. The van der Waals surface area contributed by atoms with Crippen molar-refractivity contribution >= 4 is 39.6 Å². The maximum absolute atomic E-state index is 6.09. The Labute approximate surface area is 129 Å². The Morgan fingerprint density at radius 3 is 2.67 bits per heavy atom. The van der Waals surface area contributed by atoms with E-state index in [1.807, 2.05) is 18.2 Å². The lowest BCUT2D eigenvalue weighted by Crippen LogP contribution is -2.19. The number of halogens is 1. The van der Waals surface area contributed by atoms with E-state index < -0.39 is 0 Å². The van der Waals surface area contributed by atoms with E-state index in [0.717, 1.165) is 18.1 Å². The molecule has 0 amide bonds. The number of rotatable bonds is 3. The molecule has 2 N–H and O–H groups in total. The van der Waals surface area contributed by atoms with Crippen molar-refractivity contribution in [3.8, 4) is 0 Å². The Morgan fingerprint density at radius 1 is 1.14 bits per heavy atom. The van der Waals surface area contributed by atoms with Gasteiger partial charge in [0.1, 0.15) is 0 Å². The smallest absolute Gasteiger partial charge is 0.156 e. The molecule has 1 aromatic heterocycles. The van der Waals surface area contributed by atoms with Gasteiger partial charge in [-0.25, -0.2) is 4.98 Å². The Hall–Kier alpha value is -2.26. The van der Waals surface area contributed by atoms with Gasteiger partial charge in [0.2, 0.25) is 0 Å². The molecule has 0 aliphatic heterocycles. The van der Waals surface area contributed by atoms with Crippen LogP contribution in [0.4, 0.5) is 17.2 Å². The maximum Gasteiger partial charge on any atom is 0.156 e. The van der Waals surface area contributed by atoms with E-state index in [9.17, 15) is 0 Å². The number of hydrogen-bond acceptors (Lipinski definition) is 3. The third-order valence-electron chi connectivity index (χ3n) is 3.49. The van der Waals surface area contributed by atoms with Crippen molar-refractivity contribution < 1.29 is 0 Å². The Bertz CT molecular complexity index is 781. The molecule has 3 nitrogen and oxygen atoms in total. The summed E-state index contributed by atoms with van der Waals surface area (Å²) in [6, 6.07) is 16.3. The van der Waals surface area contributed by atoms with Crippen LogP contribution in [0, 0.1) is 0 Å². The van der Waals surface area contributed by atoms with Gasteiger partial charge in [-0.1, -0.05) is 48.0 Å². The van der Waals surface area contributed by atoms with Gasteiger partial charge in [-0.2, -0.15) is 0 Å². The van der Waals surface area contributed by atoms with Crippen LogP contribution >= 0.6 is 11.6 Å². The SMILES string of the molecule is CCN(c1ncc(Cl)cc1N)c1cccc2ccccc12. The molecule has 0 unspecified atom stereocenters. The van der Waals surface area contributed by atoms with Gasteiger partial charge in [-0.15, -0.1) is 0 Å². The second kappa shape index (κ2) is 5.62. The molecule has 1 heterocycles. The van der Waals surface area contributed by atoms with E-state index in [1.54, 1.807) is 12.3 Å². The number of pyridine rings is 1. The van der Waals surface area contributed by atoms with Gasteiger partial charge in [0.05, 0.1) is 16.4 Å². The molecule has 3 rings (SSSR count). The zero-order valence-corrected chi connectivity index (χ0v) is 12.5. The summed E-state index contributed by atoms with van der Waals surface area (Å²) in [4.78, 5) is 6.51. The Kier molecular flexibility index (Phi) is 3.67. The largest absolute Gasteiger partial charge is 0.396 e. The van der Waals surface area contributed by atoms with Gasteiger partial charge in [0.25, 0.3) is 0 Å². The molecule has 0 aliphatic carbocycles. The molecule has 0 aliphatic rings. The van der Waals surface area contributed by atoms with E-state index in [0.29, 0.717) is 10.7 Å². The van der Waals surface area contributed by atoms with Crippen LogP contribution in [-0.2, 0) is 0 Å². The third kappa shape index (κ3) is 2.52. The van der Waals surface area contributed by atoms with Crippen LogP contribution in [0.15, 0.2) is 54.7 Å². The minimum absolute atomic E-state index is 0.547. The number of benzene rings is 2. The van der Waals surface area contributed by atoms with Crippen molar-refractivity contribution in [1.29, 1.82) is 0 Å². The first-order valence-corrected chi connectivity index (χ1v) is 7.25. The van der Waals surface area contributed by atoms with Crippen molar-refractivity contribution in [2.75, 3.05) is 17.2 Å². The first-order chi connectivity index (χ1) is 10.2. The monoisotopic (exact) mass is 297 g/mol. The highest BCUT2D eigenvalue weighted by Crippen LogP contribution is 2.34. The lowest BCUT2D eigenvalue weighted by Gasteiger charge is -2.25. The molecule has 2 aromatic carbocycles. The number of aromatic nitrogens is 1. The standard InChI is InChI=1S/C17H16ClN3/c1-2-21(17-15(19)10-13(18)11-20-17)16-9-5-7-12-6-3-4-8-14(12)16/h3-11H,2,19H2,1H3. The fraction of sp³-hybridized carbons (Fsp3) is 0.118. The zero-order chi connectivity index (χ0) is 14.8. The molecule has 4 heteroatoms.